The Bertz CT molecular complexity index is 1840. The second kappa shape index (κ2) is 22.0. The van der Waals surface area contributed by atoms with Gasteiger partial charge in [-0.1, -0.05) is 20.8 Å². The van der Waals surface area contributed by atoms with Gasteiger partial charge in [0.05, 0.1) is 44.2 Å². The first-order chi connectivity index (χ1) is 34.5. The van der Waals surface area contributed by atoms with Crippen LogP contribution in [0.5, 0.6) is 0 Å². The van der Waals surface area contributed by atoms with Gasteiger partial charge in [0.2, 0.25) is 0 Å². The predicted octanol–water partition coefficient (Wildman–Crippen LogP) is -3.17. The smallest absolute Gasteiger partial charge is 0.187 e. The molecule has 0 radical (unpaired) electrons. The summed E-state index contributed by atoms with van der Waals surface area (Å²) in [6.45, 7) is 8.02. The van der Waals surface area contributed by atoms with E-state index in [1.165, 1.54) is 6.92 Å². The first-order valence-electron chi connectivity index (χ1n) is 26.8. The largest absolute Gasteiger partial charge is 0.394 e. The van der Waals surface area contributed by atoms with Gasteiger partial charge in [-0.05, 0) is 112 Å². The second-order valence-electron chi connectivity index (χ2n) is 23.8. The van der Waals surface area contributed by atoms with Crippen LogP contribution >= 0.6 is 0 Å². The molecule has 73 heavy (non-hydrogen) atoms. The maximum absolute atomic E-state index is 12.1. The Morgan fingerprint density at radius 3 is 1.79 bits per heavy atom. The SMILES string of the molecule is C[C@H](CC[C@]1(O)O[C@H]2C[C@@H]3[C@@H]4CC[C@@H]5C[C@H](O[C@@H]6O[C@H](CO)[C@@H](O[C@@H]7O[C@H](CO)[C@@H](O)[C@H](O)[C@H]7O[C@@H]7O[C@@H](C)[C@H](O)[C@@H](O)[C@H]7O)[C@H](O)[C@H]6O)CC[C@@]5(C)[C@H]4CC[C@@]3(C)[C@H]2[C@@H]1C)O[C@@H]1O[C@H](CO)[C@@H](O)[C@H](O)[C@H]1O. The van der Waals surface area contributed by atoms with Crippen molar-refractivity contribution in [3.05, 3.63) is 0 Å². The Balaban J connectivity index is 0.793. The lowest BCUT2D eigenvalue weighted by molar-refractivity contribution is -0.389. The molecule has 23 heteroatoms. The standard InChI is InChI=1S/C50H84O23/c1-19(65-44-40(62)36(58)33(55)28(16-51)68-44)8-13-50(64)20(2)31-27(73-50)15-26-24-7-6-22-14-23(9-11-48(22,4)25(24)10-12-49(26,31)5)67-46-41(63)38(60)42(30(18-53)70-46)71-47-43(37(59)34(56)29(17-52)69-47)72-45-39(61)35(57)32(54)21(3)66-45/h19-47,51-64H,6-18H2,1-5H3/t19-,20+,21+,22-,23-,24-,25+,26-,27+,28-,29-,30-,31+,32+,33-,34-,35-,36+,37+,38-,39-,40-,41-,42-,43-,44-,45+,46-,47+,48-,49-,50+/m1/s1. The summed E-state index contributed by atoms with van der Waals surface area (Å²) in [4.78, 5) is 0. The number of hydrogen-bond donors (Lipinski definition) is 14. The molecule has 0 aromatic rings. The minimum absolute atomic E-state index is 0.0159. The molecule has 5 saturated heterocycles. The summed E-state index contributed by atoms with van der Waals surface area (Å²) in [6, 6.07) is 0. The number of aliphatic hydroxyl groups excluding tert-OH is 13. The Morgan fingerprint density at radius 1 is 0.548 bits per heavy atom. The van der Waals surface area contributed by atoms with Gasteiger partial charge in [0, 0.05) is 12.3 Å². The molecule has 32 atom stereocenters. The van der Waals surface area contributed by atoms with Crippen LogP contribution in [0.2, 0.25) is 0 Å². The van der Waals surface area contributed by atoms with Gasteiger partial charge in [0.15, 0.2) is 30.9 Å². The highest BCUT2D eigenvalue weighted by molar-refractivity contribution is 5.15. The third-order valence-corrected chi connectivity index (χ3v) is 19.8. The summed E-state index contributed by atoms with van der Waals surface area (Å²) in [5, 5.41) is 149. The summed E-state index contributed by atoms with van der Waals surface area (Å²) in [6.07, 6.45) is -23.8. The first kappa shape index (κ1) is 56.8. The average Bonchev–Trinajstić information content (AvgIpc) is 3.81. The summed E-state index contributed by atoms with van der Waals surface area (Å²) >= 11 is 0. The van der Waals surface area contributed by atoms with E-state index in [-0.39, 0.29) is 41.3 Å². The third kappa shape index (κ3) is 10.1. The lowest BCUT2D eigenvalue weighted by Crippen LogP contribution is -2.67. The Kier molecular flexibility index (Phi) is 17.1. The molecule has 0 bridgehead atoms. The average molecular weight is 1050 g/mol. The molecule has 23 nitrogen and oxygen atoms in total. The van der Waals surface area contributed by atoms with Gasteiger partial charge < -0.3 is 114 Å². The molecule has 9 rings (SSSR count). The fourth-order valence-corrected chi connectivity index (χ4v) is 15.5. The van der Waals surface area contributed by atoms with E-state index in [0.29, 0.717) is 42.9 Å². The van der Waals surface area contributed by atoms with Gasteiger partial charge >= 0.3 is 0 Å². The zero-order valence-corrected chi connectivity index (χ0v) is 42.4. The second-order valence-corrected chi connectivity index (χ2v) is 23.8. The molecule has 5 aliphatic heterocycles. The van der Waals surface area contributed by atoms with Gasteiger partial charge in [-0.3, -0.25) is 0 Å². The molecule has 0 spiro atoms. The van der Waals surface area contributed by atoms with Crippen LogP contribution in [-0.2, 0) is 42.6 Å². The van der Waals surface area contributed by atoms with E-state index in [2.05, 4.69) is 20.8 Å². The maximum Gasteiger partial charge on any atom is 0.187 e. The highest BCUT2D eigenvalue weighted by atomic mass is 16.8. The number of fused-ring (bicyclic) bond motifs is 7. The highest BCUT2D eigenvalue weighted by Gasteiger charge is 2.68. The van der Waals surface area contributed by atoms with Crippen molar-refractivity contribution in [1.29, 1.82) is 0 Å². The van der Waals surface area contributed by atoms with Crippen LogP contribution in [0.4, 0.5) is 0 Å². The van der Waals surface area contributed by atoms with Crippen LogP contribution in [0, 0.1) is 46.3 Å². The molecule has 0 aromatic heterocycles. The Morgan fingerprint density at radius 2 is 1.11 bits per heavy atom. The van der Waals surface area contributed by atoms with Crippen molar-refractivity contribution >= 4 is 0 Å². The fourth-order valence-electron chi connectivity index (χ4n) is 15.5. The summed E-state index contributed by atoms with van der Waals surface area (Å²) in [5.74, 6) is 0.241. The molecule has 14 N–H and O–H groups in total. The van der Waals surface area contributed by atoms with E-state index < -0.39 is 155 Å². The molecule has 4 aliphatic carbocycles. The normalized spacial score (nSPS) is 56.6. The van der Waals surface area contributed by atoms with E-state index in [1.807, 2.05) is 0 Å². The lowest BCUT2D eigenvalue weighted by Gasteiger charge is -2.61. The zero-order chi connectivity index (χ0) is 52.8. The molecular weight excluding hydrogens is 969 g/mol. The van der Waals surface area contributed by atoms with Gasteiger partial charge in [-0.2, -0.15) is 0 Å². The quantitative estimate of drug-likeness (QED) is 0.0763. The molecule has 422 valence electrons. The minimum Gasteiger partial charge on any atom is -0.394 e. The summed E-state index contributed by atoms with van der Waals surface area (Å²) in [7, 11) is 0. The van der Waals surface area contributed by atoms with Gasteiger partial charge in [-0.15, -0.1) is 0 Å². The Hall–Kier alpha value is -0.920. The molecule has 4 saturated carbocycles. The van der Waals surface area contributed by atoms with Crippen LogP contribution in [0.15, 0.2) is 0 Å². The number of hydrogen-bond acceptors (Lipinski definition) is 23. The molecule has 0 unspecified atom stereocenters. The molecule has 5 heterocycles. The highest BCUT2D eigenvalue weighted by Crippen LogP contribution is 2.71. The monoisotopic (exact) mass is 1050 g/mol. The minimum atomic E-state index is -1.84. The first-order valence-corrected chi connectivity index (χ1v) is 26.8. The van der Waals surface area contributed by atoms with Crippen molar-refractivity contribution in [2.45, 2.75) is 246 Å². The molecule has 0 amide bonds. The van der Waals surface area contributed by atoms with Crippen molar-refractivity contribution in [2.24, 2.45) is 46.3 Å². The number of rotatable bonds is 14. The molecule has 9 aliphatic rings. The predicted molar refractivity (Wildman–Crippen MR) is 246 cm³/mol. The molecule has 0 aromatic carbocycles. The van der Waals surface area contributed by atoms with E-state index >= 15 is 0 Å². The van der Waals surface area contributed by atoms with Crippen molar-refractivity contribution in [1.82, 2.24) is 0 Å². The lowest BCUT2D eigenvalue weighted by atomic mass is 9.44. The molecule has 9 fully saturated rings. The fraction of sp³-hybridized carbons (Fsp3) is 1.00. The third-order valence-electron chi connectivity index (χ3n) is 19.8. The topological polar surface area (TPSA) is 366 Å². The Labute approximate surface area is 425 Å². The van der Waals surface area contributed by atoms with Crippen LogP contribution in [0.25, 0.3) is 0 Å². The van der Waals surface area contributed by atoms with Crippen molar-refractivity contribution in [2.75, 3.05) is 19.8 Å². The summed E-state index contributed by atoms with van der Waals surface area (Å²) in [5.41, 5.74) is -0.0302. The van der Waals surface area contributed by atoms with Gasteiger partial charge in [0.25, 0.3) is 0 Å². The summed E-state index contributed by atoms with van der Waals surface area (Å²) < 4.78 is 53.8. The van der Waals surface area contributed by atoms with Crippen molar-refractivity contribution in [3.8, 4) is 0 Å². The van der Waals surface area contributed by atoms with E-state index in [4.69, 9.17) is 42.6 Å². The van der Waals surface area contributed by atoms with E-state index in [0.717, 1.165) is 38.5 Å². The van der Waals surface area contributed by atoms with Gasteiger partial charge in [0.1, 0.15) is 91.6 Å². The maximum atomic E-state index is 12.1. The zero-order valence-electron chi connectivity index (χ0n) is 42.4. The van der Waals surface area contributed by atoms with Gasteiger partial charge in [-0.25, -0.2) is 0 Å². The van der Waals surface area contributed by atoms with Crippen LogP contribution < -0.4 is 0 Å². The van der Waals surface area contributed by atoms with Crippen LogP contribution in [-0.4, -0.2) is 238 Å². The molecular formula is C50H84O23. The van der Waals surface area contributed by atoms with E-state index in [9.17, 15) is 71.5 Å². The number of ether oxygens (including phenoxy) is 9. The van der Waals surface area contributed by atoms with Crippen LogP contribution in [0.3, 0.4) is 0 Å². The van der Waals surface area contributed by atoms with Crippen molar-refractivity contribution in [3.63, 3.8) is 0 Å². The van der Waals surface area contributed by atoms with Crippen molar-refractivity contribution < 1.29 is 114 Å². The number of aliphatic hydroxyl groups is 14. The van der Waals surface area contributed by atoms with E-state index in [1.54, 1.807) is 6.92 Å². The van der Waals surface area contributed by atoms with Crippen LogP contribution in [0.1, 0.15) is 98.8 Å².